The minimum atomic E-state index is 0.283. The summed E-state index contributed by atoms with van der Waals surface area (Å²) in [7, 11) is 0. The van der Waals surface area contributed by atoms with Crippen molar-refractivity contribution in [2.24, 2.45) is 10.4 Å². The Labute approximate surface area is 67.3 Å². The number of aliphatic imine (C=N–C) groups is 1. The number of hydrogen-bond donors (Lipinski definition) is 0. The lowest BCUT2D eigenvalue weighted by Crippen LogP contribution is -2.20. The van der Waals surface area contributed by atoms with Crippen LogP contribution in [0.25, 0.3) is 0 Å². The minimum absolute atomic E-state index is 0.283. The zero-order valence-corrected chi connectivity index (χ0v) is 7.79. The quantitative estimate of drug-likeness (QED) is 0.526. The van der Waals surface area contributed by atoms with Gasteiger partial charge in [0.2, 0.25) is 0 Å². The van der Waals surface area contributed by atoms with Crippen molar-refractivity contribution in [1.29, 1.82) is 0 Å². The zero-order chi connectivity index (χ0) is 7.61. The third kappa shape index (κ3) is 2.01. The molecule has 0 N–H and O–H groups in total. The van der Waals surface area contributed by atoms with Crippen molar-refractivity contribution in [3.05, 3.63) is 0 Å². The van der Waals surface area contributed by atoms with Crippen LogP contribution in [0.15, 0.2) is 4.99 Å². The summed E-state index contributed by atoms with van der Waals surface area (Å²) in [5.74, 6) is 1.26. The van der Waals surface area contributed by atoms with Gasteiger partial charge in [0.05, 0.1) is 5.04 Å². The maximum absolute atomic E-state index is 4.48. The van der Waals surface area contributed by atoms with Gasteiger partial charge in [0.15, 0.2) is 0 Å². The average Bonchev–Trinajstić information content (AvgIpc) is 1.88. The first kappa shape index (κ1) is 8.12. The molecule has 58 valence electrons. The van der Waals surface area contributed by atoms with Crippen molar-refractivity contribution < 1.29 is 0 Å². The van der Waals surface area contributed by atoms with Gasteiger partial charge < -0.3 is 0 Å². The van der Waals surface area contributed by atoms with Crippen molar-refractivity contribution in [3.63, 3.8) is 0 Å². The number of nitrogens with zero attached hydrogens (tertiary/aromatic N) is 1. The van der Waals surface area contributed by atoms with Crippen LogP contribution in [-0.2, 0) is 0 Å². The summed E-state index contributed by atoms with van der Waals surface area (Å²) >= 11 is 1.92. The zero-order valence-electron chi connectivity index (χ0n) is 6.98. The summed E-state index contributed by atoms with van der Waals surface area (Å²) in [4.78, 5) is 4.48. The predicted octanol–water partition coefficient (Wildman–Crippen LogP) is 2.57. The SMILES string of the molecule is CC(C)(C)C1=NCCCS1. The van der Waals surface area contributed by atoms with Gasteiger partial charge in [-0.2, -0.15) is 0 Å². The maximum Gasteiger partial charge on any atom is 0.0729 e. The lowest BCUT2D eigenvalue weighted by molar-refractivity contribution is 0.597. The molecule has 0 radical (unpaired) electrons. The van der Waals surface area contributed by atoms with Crippen LogP contribution >= 0.6 is 11.8 Å². The first-order chi connectivity index (χ1) is 4.61. The van der Waals surface area contributed by atoms with Gasteiger partial charge in [0.1, 0.15) is 0 Å². The Morgan fingerprint density at radius 1 is 1.40 bits per heavy atom. The van der Waals surface area contributed by atoms with Crippen LogP contribution < -0.4 is 0 Å². The van der Waals surface area contributed by atoms with Crippen LogP contribution in [0.5, 0.6) is 0 Å². The van der Waals surface area contributed by atoms with Crippen LogP contribution in [0, 0.1) is 5.41 Å². The second-order valence-electron chi connectivity index (χ2n) is 3.64. The van der Waals surface area contributed by atoms with E-state index in [1.807, 2.05) is 11.8 Å². The van der Waals surface area contributed by atoms with Gasteiger partial charge in [-0.3, -0.25) is 4.99 Å². The molecular weight excluding hydrogens is 142 g/mol. The van der Waals surface area contributed by atoms with E-state index in [4.69, 9.17) is 0 Å². The van der Waals surface area contributed by atoms with Gasteiger partial charge in [-0.05, 0) is 6.42 Å². The van der Waals surface area contributed by atoms with Crippen LogP contribution in [0.3, 0.4) is 0 Å². The van der Waals surface area contributed by atoms with Gasteiger partial charge in [-0.1, -0.05) is 20.8 Å². The molecule has 0 fully saturated rings. The Bertz CT molecular complexity index is 144. The molecule has 1 rings (SSSR count). The van der Waals surface area contributed by atoms with Gasteiger partial charge >= 0.3 is 0 Å². The molecule has 0 amide bonds. The summed E-state index contributed by atoms with van der Waals surface area (Å²) in [5, 5.41) is 1.33. The van der Waals surface area contributed by atoms with E-state index < -0.39 is 0 Å². The molecule has 1 aliphatic heterocycles. The van der Waals surface area contributed by atoms with Gasteiger partial charge in [-0.15, -0.1) is 11.8 Å². The predicted molar refractivity (Wildman–Crippen MR) is 48.8 cm³/mol. The fourth-order valence-electron chi connectivity index (χ4n) is 0.913. The summed E-state index contributed by atoms with van der Waals surface area (Å²) in [5.41, 5.74) is 0.283. The molecule has 0 aliphatic carbocycles. The van der Waals surface area contributed by atoms with E-state index in [9.17, 15) is 0 Å². The lowest BCUT2D eigenvalue weighted by Gasteiger charge is -2.23. The molecule has 0 bridgehead atoms. The molecule has 0 aromatic rings. The molecule has 0 aromatic heterocycles. The summed E-state index contributed by atoms with van der Waals surface area (Å²) in [6.45, 7) is 7.72. The fraction of sp³-hybridized carbons (Fsp3) is 0.875. The second kappa shape index (κ2) is 2.95. The topological polar surface area (TPSA) is 12.4 Å². The molecule has 2 heteroatoms. The highest BCUT2D eigenvalue weighted by molar-refractivity contribution is 8.14. The summed E-state index contributed by atoms with van der Waals surface area (Å²) < 4.78 is 0. The van der Waals surface area contributed by atoms with Crippen LogP contribution in [0.1, 0.15) is 27.2 Å². The van der Waals surface area contributed by atoms with Gasteiger partial charge in [-0.25, -0.2) is 0 Å². The second-order valence-corrected chi connectivity index (χ2v) is 4.72. The van der Waals surface area contributed by atoms with E-state index >= 15 is 0 Å². The molecule has 0 unspecified atom stereocenters. The number of hydrogen-bond acceptors (Lipinski definition) is 2. The average molecular weight is 157 g/mol. The Kier molecular flexibility index (Phi) is 2.40. The molecule has 10 heavy (non-hydrogen) atoms. The lowest BCUT2D eigenvalue weighted by atomic mass is 9.98. The summed E-state index contributed by atoms with van der Waals surface area (Å²) in [6, 6.07) is 0. The van der Waals surface area contributed by atoms with E-state index in [1.165, 1.54) is 17.2 Å². The van der Waals surface area contributed by atoms with Crippen LogP contribution in [-0.4, -0.2) is 17.3 Å². The Balaban J connectivity index is 2.62. The highest BCUT2D eigenvalue weighted by Crippen LogP contribution is 2.27. The van der Waals surface area contributed by atoms with Gasteiger partial charge in [0, 0.05) is 17.7 Å². The molecule has 0 aromatic carbocycles. The smallest absolute Gasteiger partial charge is 0.0729 e. The third-order valence-corrected chi connectivity index (χ3v) is 2.95. The monoisotopic (exact) mass is 157 g/mol. The Morgan fingerprint density at radius 3 is 2.40 bits per heavy atom. The first-order valence-electron chi connectivity index (χ1n) is 3.78. The van der Waals surface area contributed by atoms with Crippen molar-refractivity contribution >= 4 is 16.8 Å². The van der Waals surface area contributed by atoms with Crippen molar-refractivity contribution in [3.8, 4) is 0 Å². The highest BCUT2D eigenvalue weighted by atomic mass is 32.2. The van der Waals surface area contributed by atoms with Crippen LogP contribution in [0.2, 0.25) is 0 Å². The third-order valence-electron chi connectivity index (χ3n) is 1.44. The molecule has 1 heterocycles. The Hall–Kier alpha value is 0.0200. The normalized spacial score (nSPS) is 20.5. The van der Waals surface area contributed by atoms with Crippen molar-refractivity contribution in [1.82, 2.24) is 0 Å². The molecule has 1 nitrogen and oxygen atoms in total. The highest BCUT2D eigenvalue weighted by Gasteiger charge is 2.20. The van der Waals surface area contributed by atoms with Gasteiger partial charge in [0.25, 0.3) is 0 Å². The standard InChI is InChI=1S/C8H15NS/c1-8(2,3)7-9-5-4-6-10-7/h4-6H2,1-3H3. The Morgan fingerprint density at radius 2 is 2.10 bits per heavy atom. The maximum atomic E-state index is 4.48. The van der Waals surface area contributed by atoms with E-state index in [1.54, 1.807) is 0 Å². The number of rotatable bonds is 0. The summed E-state index contributed by atoms with van der Waals surface area (Å²) in [6.07, 6.45) is 1.25. The minimum Gasteiger partial charge on any atom is -0.282 e. The van der Waals surface area contributed by atoms with E-state index in [0.29, 0.717) is 0 Å². The molecule has 0 saturated carbocycles. The first-order valence-corrected chi connectivity index (χ1v) is 4.77. The molecule has 1 aliphatic rings. The molecule has 0 saturated heterocycles. The van der Waals surface area contributed by atoms with E-state index in [-0.39, 0.29) is 5.41 Å². The van der Waals surface area contributed by atoms with Crippen molar-refractivity contribution in [2.45, 2.75) is 27.2 Å². The fourth-order valence-corrected chi connectivity index (χ4v) is 2.00. The van der Waals surface area contributed by atoms with E-state index in [2.05, 4.69) is 25.8 Å². The van der Waals surface area contributed by atoms with Crippen molar-refractivity contribution in [2.75, 3.05) is 12.3 Å². The van der Waals surface area contributed by atoms with E-state index in [0.717, 1.165) is 6.54 Å². The largest absolute Gasteiger partial charge is 0.282 e. The molecular formula is C8H15NS. The van der Waals surface area contributed by atoms with Crippen LogP contribution in [0.4, 0.5) is 0 Å². The molecule has 0 atom stereocenters. The number of thioether (sulfide) groups is 1. The molecule has 0 spiro atoms.